The van der Waals surface area contributed by atoms with Crippen molar-refractivity contribution in [3.05, 3.63) is 58.1 Å². The first-order valence-electron chi connectivity index (χ1n) is 9.13. The van der Waals surface area contributed by atoms with Gasteiger partial charge in [0.05, 0.1) is 18.6 Å². The molecule has 8 heteroatoms. The number of hydrogen-bond acceptors (Lipinski definition) is 6. The molecule has 0 saturated carbocycles. The predicted molar refractivity (Wildman–Crippen MR) is 105 cm³/mol. The molecule has 0 bridgehead atoms. The topological polar surface area (TPSA) is 85.2 Å². The van der Waals surface area contributed by atoms with Gasteiger partial charge in [0.25, 0.3) is 11.6 Å². The third kappa shape index (κ3) is 4.00. The molecule has 0 N–H and O–H groups in total. The van der Waals surface area contributed by atoms with Crippen molar-refractivity contribution in [3.8, 4) is 11.5 Å². The van der Waals surface area contributed by atoms with E-state index in [1.54, 1.807) is 48.4 Å². The van der Waals surface area contributed by atoms with E-state index in [0.717, 1.165) is 0 Å². The first kappa shape index (κ1) is 19.5. The molecule has 28 heavy (non-hydrogen) atoms. The average Bonchev–Trinajstić information content (AvgIpc) is 2.73. The Balaban J connectivity index is 1.71. The number of piperazine rings is 1. The maximum absolute atomic E-state index is 12.9. The van der Waals surface area contributed by atoms with E-state index in [1.165, 1.54) is 6.07 Å². The van der Waals surface area contributed by atoms with E-state index in [4.69, 9.17) is 9.47 Å². The number of amides is 1. The van der Waals surface area contributed by atoms with E-state index >= 15 is 0 Å². The van der Waals surface area contributed by atoms with E-state index in [0.29, 0.717) is 55.5 Å². The zero-order valence-corrected chi connectivity index (χ0v) is 16.0. The first-order chi connectivity index (χ1) is 13.5. The fourth-order valence-corrected chi connectivity index (χ4v) is 3.30. The molecule has 0 aromatic heterocycles. The smallest absolute Gasteiger partial charge is 0.292 e. The van der Waals surface area contributed by atoms with Crippen LogP contribution >= 0.6 is 0 Å². The second kappa shape index (κ2) is 8.60. The maximum atomic E-state index is 12.9. The second-order valence-electron chi connectivity index (χ2n) is 6.32. The highest BCUT2D eigenvalue weighted by Gasteiger charge is 2.26. The van der Waals surface area contributed by atoms with Gasteiger partial charge in [0, 0.05) is 37.8 Å². The monoisotopic (exact) mass is 385 g/mol. The summed E-state index contributed by atoms with van der Waals surface area (Å²) < 4.78 is 10.8. The van der Waals surface area contributed by atoms with Gasteiger partial charge in [0.15, 0.2) is 11.5 Å². The highest BCUT2D eigenvalue weighted by Crippen LogP contribution is 2.30. The molecule has 1 fully saturated rings. The van der Waals surface area contributed by atoms with Gasteiger partial charge in [0.1, 0.15) is 5.69 Å². The van der Waals surface area contributed by atoms with Crippen molar-refractivity contribution in [1.82, 2.24) is 4.90 Å². The summed E-state index contributed by atoms with van der Waals surface area (Å²) in [6, 6.07) is 11.8. The molecule has 1 saturated heterocycles. The molecule has 3 rings (SSSR count). The van der Waals surface area contributed by atoms with Crippen LogP contribution in [0.4, 0.5) is 11.4 Å². The van der Waals surface area contributed by atoms with Crippen LogP contribution < -0.4 is 14.4 Å². The minimum absolute atomic E-state index is 0.0822. The van der Waals surface area contributed by atoms with Gasteiger partial charge in [-0.25, -0.2) is 0 Å². The van der Waals surface area contributed by atoms with Crippen LogP contribution in [-0.4, -0.2) is 55.6 Å². The van der Waals surface area contributed by atoms with Gasteiger partial charge < -0.3 is 19.3 Å². The Morgan fingerprint density at radius 1 is 1.11 bits per heavy atom. The van der Waals surface area contributed by atoms with Gasteiger partial charge in [-0.1, -0.05) is 12.1 Å². The summed E-state index contributed by atoms with van der Waals surface area (Å²) >= 11 is 0. The van der Waals surface area contributed by atoms with Gasteiger partial charge in [-0.05, 0) is 31.2 Å². The highest BCUT2D eigenvalue weighted by atomic mass is 16.6. The number of benzene rings is 2. The predicted octanol–water partition coefficient (Wildman–Crippen LogP) is 2.96. The molecule has 0 unspecified atom stereocenters. The van der Waals surface area contributed by atoms with Crippen molar-refractivity contribution in [2.24, 2.45) is 0 Å². The molecule has 2 aromatic carbocycles. The number of methoxy groups -OCH3 is 1. The summed E-state index contributed by atoms with van der Waals surface area (Å²) in [6.45, 7) is 4.39. The molecule has 8 nitrogen and oxygen atoms in total. The highest BCUT2D eigenvalue weighted by molar-refractivity contribution is 5.95. The number of ether oxygens (including phenoxy) is 2. The lowest BCUT2D eigenvalue weighted by Crippen LogP contribution is -2.49. The summed E-state index contributed by atoms with van der Waals surface area (Å²) in [5, 5.41) is 11.3. The fourth-order valence-electron chi connectivity index (χ4n) is 3.30. The Kier molecular flexibility index (Phi) is 5.98. The summed E-state index contributed by atoms with van der Waals surface area (Å²) in [5.74, 6) is 1.03. The van der Waals surface area contributed by atoms with Crippen LogP contribution in [-0.2, 0) is 0 Å². The van der Waals surface area contributed by atoms with Gasteiger partial charge in [-0.15, -0.1) is 0 Å². The summed E-state index contributed by atoms with van der Waals surface area (Å²) in [5.41, 5.74) is 1.20. The Hall–Kier alpha value is -3.29. The van der Waals surface area contributed by atoms with E-state index in [2.05, 4.69) is 0 Å². The normalized spacial score (nSPS) is 13.9. The molecule has 148 valence electrons. The largest absolute Gasteiger partial charge is 0.493 e. The van der Waals surface area contributed by atoms with Crippen molar-refractivity contribution < 1.29 is 19.2 Å². The lowest BCUT2D eigenvalue weighted by atomic mass is 10.1. The summed E-state index contributed by atoms with van der Waals surface area (Å²) in [6.07, 6.45) is 0. The van der Waals surface area contributed by atoms with E-state index in [9.17, 15) is 14.9 Å². The minimum Gasteiger partial charge on any atom is -0.493 e. The third-order valence-corrected chi connectivity index (χ3v) is 4.70. The Bertz CT molecular complexity index is 863. The van der Waals surface area contributed by atoms with Gasteiger partial charge in [0.2, 0.25) is 0 Å². The molecule has 1 aliphatic heterocycles. The average molecular weight is 385 g/mol. The van der Waals surface area contributed by atoms with E-state index in [1.807, 2.05) is 11.8 Å². The van der Waals surface area contributed by atoms with Crippen LogP contribution in [0.5, 0.6) is 11.5 Å². The van der Waals surface area contributed by atoms with Crippen LogP contribution in [0.2, 0.25) is 0 Å². The van der Waals surface area contributed by atoms with E-state index in [-0.39, 0.29) is 16.5 Å². The molecule has 1 heterocycles. The van der Waals surface area contributed by atoms with Crippen LogP contribution in [0.15, 0.2) is 42.5 Å². The van der Waals surface area contributed by atoms with Crippen LogP contribution in [0, 0.1) is 10.1 Å². The number of anilines is 1. The Morgan fingerprint density at radius 2 is 1.82 bits per heavy atom. The summed E-state index contributed by atoms with van der Waals surface area (Å²) in [4.78, 5) is 27.5. The minimum atomic E-state index is -0.376. The van der Waals surface area contributed by atoms with Gasteiger partial charge >= 0.3 is 0 Å². The molecule has 2 aromatic rings. The van der Waals surface area contributed by atoms with E-state index < -0.39 is 0 Å². The molecule has 1 aliphatic rings. The third-order valence-electron chi connectivity index (χ3n) is 4.70. The number of carbonyl (C=O) groups excluding carboxylic acids is 1. The Morgan fingerprint density at radius 3 is 2.46 bits per heavy atom. The number of para-hydroxylation sites is 2. The zero-order valence-electron chi connectivity index (χ0n) is 16.0. The first-order valence-corrected chi connectivity index (χ1v) is 9.13. The molecular formula is C20H23N3O5. The van der Waals surface area contributed by atoms with Crippen molar-refractivity contribution in [2.45, 2.75) is 6.92 Å². The number of hydrogen-bond donors (Lipinski definition) is 0. The second-order valence-corrected chi connectivity index (χ2v) is 6.32. The molecular weight excluding hydrogens is 362 g/mol. The molecule has 0 radical (unpaired) electrons. The molecule has 1 amide bonds. The van der Waals surface area contributed by atoms with Crippen molar-refractivity contribution >= 4 is 17.3 Å². The molecule has 0 spiro atoms. The number of carbonyl (C=O) groups is 1. The molecule has 0 aliphatic carbocycles. The quantitative estimate of drug-likeness (QED) is 0.561. The van der Waals surface area contributed by atoms with Crippen LogP contribution in [0.25, 0.3) is 0 Å². The van der Waals surface area contributed by atoms with Crippen LogP contribution in [0.1, 0.15) is 17.3 Å². The van der Waals surface area contributed by atoms with Crippen molar-refractivity contribution in [2.75, 3.05) is 44.8 Å². The van der Waals surface area contributed by atoms with Gasteiger partial charge in [-0.2, -0.15) is 0 Å². The maximum Gasteiger partial charge on any atom is 0.292 e. The summed E-state index contributed by atoms with van der Waals surface area (Å²) in [7, 11) is 1.56. The van der Waals surface area contributed by atoms with Crippen molar-refractivity contribution in [3.63, 3.8) is 0 Å². The van der Waals surface area contributed by atoms with Crippen LogP contribution in [0.3, 0.4) is 0 Å². The van der Waals surface area contributed by atoms with Crippen molar-refractivity contribution in [1.29, 1.82) is 0 Å². The standard InChI is InChI=1S/C20H23N3O5/c1-3-28-19-14-15(8-9-18(19)27-2)20(24)22-12-10-21(11-13-22)16-6-4-5-7-17(16)23(25)26/h4-9,14H,3,10-13H2,1-2H3. The number of nitro groups is 1. The number of nitrogens with zero attached hydrogens (tertiary/aromatic N) is 3. The number of rotatable bonds is 6. The number of nitro benzene ring substituents is 1. The molecule has 0 atom stereocenters. The van der Waals surface area contributed by atoms with Gasteiger partial charge in [-0.3, -0.25) is 14.9 Å². The lowest BCUT2D eigenvalue weighted by Gasteiger charge is -2.35. The SMILES string of the molecule is CCOc1cc(C(=O)N2CCN(c3ccccc3[N+](=O)[O-])CC2)ccc1OC. The lowest BCUT2D eigenvalue weighted by molar-refractivity contribution is -0.384. The zero-order chi connectivity index (χ0) is 20.1. The Labute approximate surface area is 163 Å². The fraction of sp³-hybridized carbons (Fsp3) is 0.350.